The van der Waals surface area contributed by atoms with Gasteiger partial charge in [0.15, 0.2) is 5.65 Å². The van der Waals surface area contributed by atoms with Crippen molar-refractivity contribution in [1.82, 2.24) is 29.2 Å². The largest absolute Gasteiger partial charge is 0.490 e. The number of rotatable bonds is 8. The number of anilines is 2. The van der Waals surface area contributed by atoms with Crippen molar-refractivity contribution in [3.8, 4) is 10.9 Å². The summed E-state index contributed by atoms with van der Waals surface area (Å²) in [6.07, 6.45) is 5.44. The van der Waals surface area contributed by atoms with Crippen molar-refractivity contribution in [1.29, 1.82) is 0 Å². The number of allylic oxidation sites excluding steroid dienone is 1. The number of nitrogens with zero attached hydrogens (tertiary/aromatic N) is 6. The number of hydrogen-bond acceptors (Lipinski definition) is 9. The Morgan fingerprint density at radius 1 is 1.29 bits per heavy atom. The zero-order chi connectivity index (χ0) is 27.0. The Kier molecular flexibility index (Phi) is 7.08. The lowest BCUT2D eigenvalue weighted by Gasteiger charge is -2.29. The van der Waals surface area contributed by atoms with Crippen LogP contribution in [0, 0.1) is 6.92 Å². The average molecular weight is 536 g/mol. The summed E-state index contributed by atoms with van der Waals surface area (Å²) in [5.74, 6) is 1.23. The van der Waals surface area contributed by atoms with Crippen LogP contribution in [0.2, 0.25) is 0 Å². The molecule has 10 nitrogen and oxygen atoms in total. The van der Waals surface area contributed by atoms with Gasteiger partial charge in [-0.25, -0.2) is 19.3 Å². The summed E-state index contributed by atoms with van der Waals surface area (Å²) < 4.78 is 9.45. The molecule has 1 saturated heterocycles. The summed E-state index contributed by atoms with van der Waals surface area (Å²) in [5, 5.41) is 16.3. The van der Waals surface area contributed by atoms with E-state index in [0.717, 1.165) is 42.9 Å². The number of fused-ring (bicyclic) bond motifs is 1. The second-order valence-electron chi connectivity index (χ2n) is 10.2. The van der Waals surface area contributed by atoms with Crippen LogP contribution in [0.1, 0.15) is 37.9 Å². The highest BCUT2D eigenvalue weighted by Gasteiger charge is 2.24. The first-order chi connectivity index (χ1) is 18.1. The molecule has 3 aromatic heterocycles. The summed E-state index contributed by atoms with van der Waals surface area (Å²) in [7, 11) is 2.14. The Morgan fingerprint density at radius 2 is 2.05 bits per heavy atom. The van der Waals surface area contributed by atoms with E-state index in [1.54, 1.807) is 30.0 Å². The van der Waals surface area contributed by atoms with Crippen LogP contribution in [0.5, 0.6) is 5.75 Å². The van der Waals surface area contributed by atoms with Gasteiger partial charge < -0.3 is 20.1 Å². The number of ether oxygens (including phenoxy) is 1. The third-order valence-electron chi connectivity index (χ3n) is 6.67. The van der Waals surface area contributed by atoms with E-state index in [-0.39, 0.29) is 18.2 Å². The molecule has 1 aromatic carbocycles. The second-order valence-corrected chi connectivity index (χ2v) is 11.1. The molecule has 4 aromatic rings. The highest BCUT2D eigenvalue weighted by atomic mass is 32.1. The summed E-state index contributed by atoms with van der Waals surface area (Å²) in [5.41, 5.74) is 1.43. The van der Waals surface area contributed by atoms with Crippen molar-refractivity contribution in [3.63, 3.8) is 0 Å². The standard InChI is InChI=1S/C27H33N7O3S/c1-6-11-33-24(35)20-15-28-25(31-23(20)34(33)26-30-22(16-38-26)27(3,4)36)29-18-7-8-21(17(2)14-18)37-19-9-12-32(5)13-10-19/h6-8,14-16,19,36H,1,9-13H2,2-5H3,(H,28,29,31). The number of aromatic nitrogens is 5. The highest BCUT2D eigenvalue weighted by Crippen LogP contribution is 2.28. The van der Waals surface area contributed by atoms with Crippen molar-refractivity contribution in [2.24, 2.45) is 0 Å². The Morgan fingerprint density at radius 3 is 2.71 bits per heavy atom. The molecule has 4 heterocycles. The fourth-order valence-corrected chi connectivity index (χ4v) is 5.48. The van der Waals surface area contributed by atoms with Crippen LogP contribution in [0.4, 0.5) is 11.6 Å². The second kappa shape index (κ2) is 10.3. The van der Waals surface area contributed by atoms with Crippen molar-refractivity contribution < 1.29 is 9.84 Å². The number of nitrogens with one attached hydrogen (secondary N) is 1. The summed E-state index contributed by atoms with van der Waals surface area (Å²) in [6, 6.07) is 5.92. The molecule has 1 aliphatic rings. The van der Waals surface area contributed by atoms with Gasteiger partial charge in [-0.05, 0) is 64.4 Å². The lowest BCUT2D eigenvalue weighted by molar-refractivity contribution is 0.0745. The lowest BCUT2D eigenvalue weighted by Crippen LogP contribution is -2.35. The molecule has 0 aliphatic carbocycles. The SMILES string of the molecule is C=CCn1c(=O)c2cnc(Nc3ccc(OC4CCN(C)CC4)c(C)c3)nc2n1-c1nc(C(C)(C)O)cs1. The van der Waals surface area contributed by atoms with Crippen molar-refractivity contribution >= 4 is 34.0 Å². The molecule has 1 fully saturated rings. The minimum atomic E-state index is -1.11. The van der Waals surface area contributed by atoms with Gasteiger partial charge in [-0.3, -0.25) is 4.79 Å². The quantitative estimate of drug-likeness (QED) is 0.326. The van der Waals surface area contributed by atoms with Crippen molar-refractivity contribution in [2.75, 3.05) is 25.5 Å². The van der Waals surface area contributed by atoms with E-state index >= 15 is 0 Å². The number of aryl methyl sites for hydroxylation is 1. The van der Waals surface area contributed by atoms with E-state index < -0.39 is 5.60 Å². The minimum absolute atomic E-state index is 0.230. The van der Waals surface area contributed by atoms with E-state index in [2.05, 4.69) is 38.8 Å². The van der Waals surface area contributed by atoms with Crippen LogP contribution >= 0.6 is 11.3 Å². The van der Waals surface area contributed by atoms with Gasteiger partial charge in [-0.1, -0.05) is 6.08 Å². The minimum Gasteiger partial charge on any atom is -0.490 e. The van der Waals surface area contributed by atoms with E-state index in [1.807, 2.05) is 25.1 Å². The maximum atomic E-state index is 13.2. The number of piperidine rings is 1. The van der Waals surface area contributed by atoms with Gasteiger partial charge >= 0.3 is 0 Å². The van der Waals surface area contributed by atoms with Crippen LogP contribution in [-0.4, -0.2) is 60.6 Å². The Hall–Kier alpha value is -3.54. The number of aliphatic hydroxyl groups is 1. The molecule has 11 heteroatoms. The monoisotopic (exact) mass is 535 g/mol. The maximum Gasteiger partial charge on any atom is 0.278 e. The molecule has 0 bridgehead atoms. The molecular weight excluding hydrogens is 502 g/mol. The first kappa shape index (κ1) is 26.1. The van der Waals surface area contributed by atoms with E-state index in [4.69, 9.17) is 4.74 Å². The molecule has 0 amide bonds. The van der Waals surface area contributed by atoms with E-state index in [9.17, 15) is 9.90 Å². The molecule has 0 spiro atoms. The Labute approximate surface area is 225 Å². The summed E-state index contributed by atoms with van der Waals surface area (Å²) in [4.78, 5) is 29.2. The molecule has 200 valence electrons. The van der Waals surface area contributed by atoms with Gasteiger partial charge in [0.1, 0.15) is 22.8 Å². The molecule has 1 aliphatic heterocycles. The van der Waals surface area contributed by atoms with Crippen LogP contribution in [0.25, 0.3) is 16.2 Å². The van der Waals surface area contributed by atoms with Gasteiger partial charge in [-0.15, -0.1) is 17.9 Å². The third kappa shape index (κ3) is 5.22. The molecule has 5 rings (SSSR count). The van der Waals surface area contributed by atoms with Gasteiger partial charge in [-0.2, -0.15) is 4.98 Å². The van der Waals surface area contributed by atoms with Crippen molar-refractivity contribution in [2.45, 2.75) is 51.9 Å². The smallest absolute Gasteiger partial charge is 0.278 e. The molecular formula is C27H33N7O3S. The lowest BCUT2D eigenvalue weighted by atomic mass is 10.1. The number of thiazole rings is 1. The first-order valence-electron chi connectivity index (χ1n) is 12.6. The van der Waals surface area contributed by atoms with Gasteiger partial charge in [0, 0.05) is 30.4 Å². The van der Waals surface area contributed by atoms with Gasteiger partial charge in [0.2, 0.25) is 11.1 Å². The van der Waals surface area contributed by atoms with Crippen molar-refractivity contribution in [3.05, 3.63) is 64.0 Å². The van der Waals surface area contributed by atoms with E-state index in [0.29, 0.717) is 27.8 Å². The molecule has 0 unspecified atom stereocenters. The Bertz CT molecular complexity index is 1520. The van der Waals surface area contributed by atoms with Gasteiger partial charge in [0.05, 0.1) is 12.2 Å². The van der Waals surface area contributed by atoms with Crippen LogP contribution in [-0.2, 0) is 12.1 Å². The molecule has 38 heavy (non-hydrogen) atoms. The zero-order valence-electron chi connectivity index (χ0n) is 22.1. The summed E-state index contributed by atoms with van der Waals surface area (Å²) in [6.45, 7) is 11.5. The highest BCUT2D eigenvalue weighted by molar-refractivity contribution is 7.12. The van der Waals surface area contributed by atoms with E-state index in [1.165, 1.54) is 22.2 Å². The van der Waals surface area contributed by atoms with Crippen LogP contribution in [0.3, 0.4) is 0 Å². The number of likely N-dealkylation sites (tertiary alicyclic amines) is 1. The van der Waals surface area contributed by atoms with Gasteiger partial charge in [0.25, 0.3) is 5.56 Å². The molecule has 2 N–H and O–H groups in total. The Balaban J connectivity index is 1.45. The first-order valence-corrected chi connectivity index (χ1v) is 13.5. The third-order valence-corrected chi connectivity index (χ3v) is 7.48. The summed E-state index contributed by atoms with van der Waals surface area (Å²) >= 11 is 1.33. The average Bonchev–Trinajstić information content (AvgIpc) is 3.46. The fourth-order valence-electron chi connectivity index (χ4n) is 4.48. The predicted octanol–water partition coefficient (Wildman–Crippen LogP) is 3.98. The van der Waals surface area contributed by atoms with Crippen LogP contribution in [0.15, 0.2) is 47.2 Å². The number of benzene rings is 1. The molecule has 0 atom stereocenters. The normalized spacial score (nSPS) is 15.2. The predicted molar refractivity (Wildman–Crippen MR) is 150 cm³/mol. The zero-order valence-corrected chi connectivity index (χ0v) is 23.0. The van der Waals surface area contributed by atoms with Crippen LogP contribution < -0.4 is 15.6 Å². The molecule has 0 saturated carbocycles. The number of hydrogen-bond donors (Lipinski definition) is 2. The molecule has 0 radical (unpaired) electrons. The fraction of sp³-hybridized carbons (Fsp3) is 0.407. The topological polar surface area (TPSA) is 110 Å². The maximum absolute atomic E-state index is 13.2.